The van der Waals surface area contributed by atoms with Gasteiger partial charge >= 0.3 is 5.97 Å². The van der Waals surface area contributed by atoms with Gasteiger partial charge in [0, 0.05) is 29.7 Å². The molecule has 0 saturated heterocycles. The van der Waals surface area contributed by atoms with E-state index in [2.05, 4.69) is 34.6 Å². The van der Waals surface area contributed by atoms with Crippen LogP contribution < -0.4 is 42.6 Å². The summed E-state index contributed by atoms with van der Waals surface area (Å²) < 4.78 is 97.1. The van der Waals surface area contributed by atoms with Crippen LogP contribution in [0.2, 0.25) is 0 Å². The molecule has 376 valence electrons. The maximum atomic E-state index is 17.0. The van der Waals surface area contributed by atoms with E-state index in [1.54, 1.807) is 0 Å². The van der Waals surface area contributed by atoms with E-state index in [1.165, 1.54) is 0 Å². The molecule has 0 saturated carbocycles. The monoisotopic (exact) mass is 943 g/mol. The molecular weight excluding hydrogens is 863 g/mol. The molecule has 67 heavy (non-hydrogen) atoms. The zero-order valence-electron chi connectivity index (χ0n) is 41.9. The minimum absolute atomic E-state index is 0.0659. The summed E-state index contributed by atoms with van der Waals surface area (Å²) in [6.07, 6.45) is 10.7. The second-order valence-corrected chi connectivity index (χ2v) is 17.0. The van der Waals surface area contributed by atoms with Gasteiger partial charge in [0.25, 0.3) is 0 Å². The van der Waals surface area contributed by atoms with Gasteiger partial charge in [0.2, 0.25) is 23.0 Å². The number of esters is 1. The number of unbranched alkanes of at least 4 members (excludes halogenated alkanes) is 8. The van der Waals surface area contributed by atoms with Gasteiger partial charge in [-0.05, 0) is 63.5 Å². The second-order valence-electron chi connectivity index (χ2n) is 17.0. The summed E-state index contributed by atoms with van der Waals surface area (Å²) in [5, 5.41) is 0. The Hall–Kier alpha value is -4.81. The van der Waals surface area contributed by atoms with Gasteiger partial charge in [0.1, 0.15) is 28.9 Å². The standard InChI is InChI=1S/C54H80F2O11/c1-9-17-25-58-39-35-41(59-26-18-10-2)40-37-45(67-54(57)46-47(55)51(63-30-22-14-6)53(65-32-24-16-8)52(48(46)56)64-31-23-15-7)49(66-42(40)36-39)38-33-43(60-27-19-11-3)50(62-29-21-13-5)44(34-38)61-28-20-12-4/h33-36,45,49H,9-32,37H2,1-8H3/t45-,49+/m1/s1. The largest absolute Gasteiger partial charge is 0.493 e. The molecule has 0 bridgehead atoms. The third-order valence-corrected chi connectivity index (χ3v) is 11.2. The number of benzene rings is 3. The molecular formula is C54H80F2O11. The molecule has 0 amide bonds. The van der Waals surface area contributed by atoms with Crippen molar-refractivity contribution in [2.24, 2.45) is 0 Å². The van der Waals surface area contributed by atoms with Crippen LogP contribution in [0, 0.1) is 11.6 Å². The van der Waals surface area contributed by atoms with Crippen LogP contribution in [0.4, 0.5) is 8.78 Å². The maximum Gasteiger partial charge on any atom is 0.344 e. The first-order valence-electron chi connectivity index (χ1n) is 25.5. The van der Waals surface area contributed by atoms with E-state index in [1.807, 2.05) is 45.0 Å². The highest BCUT2D eigenvalue weighted by Crippen LogP contribution is 2.49. The summed E-state index contributed by atoms with van der Waals surface area (Å²) in [5.41, 5.74) is 0.221. The van der Waals surface area contributed by atoms with Crippen molar-refractivity contribution in [2.45, 2.75) is 177 Å². The van der Waals surface area contributed by atoms with Crippen molar-refractivity contribution < 1.29 is 60.9 Å². The van der Waals surface area contributed by atoms with Crippen molar-refractivity contribution in [3.63, 3.8) is 0 Å². The van der Waals surface area contributed by atoms with E-state index in [0.717, 1.165) is 83.5 Å². The lowest BCUT2D eigenvalue weighted by atomic mass is 9.93. The third kappa shape index (κ3) is 16.2. The average Bonchev–Trinajstić information content (AvgIpc) is 3.31. The summed E-state index contributed by atoms with van der Waals surface area (Å²) in [7, 11) is 0. The molecule has 0 fully saturated rings. The lowest BCUT2D eigenvalue weighted by Gasteiger charge is -2.35. The Morgan fingerprint density at radius 3 is 1.33 bits per heavy atom. The molecule has 3 aromatic carbocycles. The fourth-order valence-electron chi connectivity index (χ4n) is 7.12. The van der Waals surface area contributed by atoms with E-state index in [4.69, 9.17) is 47.4 Å². The highest BCUT2D eigenvalue weighted by Gasteiger charge is 2.41. The molecule has 2 atom stereocenters. The number of fused-ring (bicyclic) bond motifs is 1. The highest BCUT2D eigenvalue weighted by atomic mass is 19.1. The molecule has 0 aromatic heterocycles. The Labute approximate surface area is 399 Å². The van der Waals surface area contributed by atoms with Crippen LogP contribution >= 0.6 is 0 Å². The Bertz CT molecular complexity index is 1850. The molecule has 1 aliphatic heterocycles. The average molecular weight is 943 g/mol. The van der Waals surface area contributed by atoms with Gasteiger partial charge in [-0.25, -0.2) is 13.6 Å². The quantitative estimate of drug-likeness (QED) is 0.0415. The topological polar surface area (TPSA) is 109 Å². The van der Waals surface area contributed by atoms with Crippen molar-refractivity contribution >= 4 is 5.97 Å². The normalized spacial score (nSPS) is 14.2. The number of hydrogen-bond acceptors (Lipinski definition) is 11. The molecule has 0 radical (unpaired) electrons. The Morgan fingerprint density at radius 1 is 0.493 bits per heavy atom. The van der Waals surface area contributed by atoms with Crippen molar-refractivity contribution in [3.05, 3.63) is 52.6 Å². The van der Waals surface area contributed by atoms with Crippen molar-refractivity contribution in [3.8, 4) is 51.7 Å². The van der Waals surface area contributed by atoms with Crippen LogP contribution in [0.1, 0.15) is 186 Å². The van der Waals surface area contributed by atoms with Crippen molar-refractivity contribution in [1.29, 1.82) is 0 Å². The molecule has 0 spiro atoms. The summed E-state index contributed by atoms with van der Waals surface area (Å²) in [4.78, 5) is 14.7. The third-order valence-electron chi connectivity index (χ3n) is 11.2. The molecule has 4 rings (SSSR count). The molecule has 3 aromatic rings. The van der Waals surface area contributed by atoms with Gasteiger partial charge < -0.3 is 47.4 Å². The molecule has 1 aliphatic rings. The molecule has 11 nitrogen and oxygen atoms in total. The summed E-state index contributed by atoms with van der Waals surface area (Å²) in [5.74, 6) is -1.80. The lowest BCUT2D eigenvalue weighted by Crippen LogP contribution is -2.35. The number of halogens is 2. The first-order chi connectivity index (χ1) is 32.7. The number of carbonyl (C=O) groups is 1. The SMILES string of the molecule is CCCCOc1cc(OCCCC)c2c(c1)O[C@@H](c1cc(OCCCC)c(OCCCC)c(OCCCC)c1)[C@H](OC(=O)c1c(F)c(OCCCC)c(OCCCC)c(OCCCC)c1F)C2. The first-order valence-corrected chi connectivity index (χ1v) is 25.5. The van der Waals surface area contributed by atoms with Crippen molar-refractivity contribution in [2.75, 3.05) is 52.9 Å². The predicted octanol–water partition coefficient (Wildman–Crippen LogP) is 14.3. The van der Waals surface area contributed by atoms with Crippen LogP contribution in [-0.4, -0.2) is 64.9 Å². The second kappa shape index (κ2) is 30.5. The van der Waals surface area contributed by atoms with Gasteiger partial charge in [-0.15, -0.1) is 0 Å². The van der Waals surface area contributed by atoms with Crippen LogP contribution in [0.5, 0.6) is 51.7 Å². The van der Waals surface area contributed by atoms with E-state index in [9.17, 15) is 4.79 Å². The van der Waals surface area contributed by atoms with Crippen LogP contribution in [0.3, 0.4) is 0 Å². The zero-order valence-corrected chi connectivity index (χ0v) is 41.9. The minimum Gasteiger partial charge on any atom is -0.493 e. The van der Waals surface area contributed by atoms with Crippen molar-refractivity contribution in [1.82, 2.24) is 0 Å². The Balaban J connectivity index is 1.96. The zero-order chi connectivity index (χ0) is 48.4. The van der Waals surface area contributed by atoms with E-state index in [-0.39, 0.29) is 32.0 Å². The lowest BCUT2D eigenvalue weighted by molar-refractivity contribution is -0.0198. The van der Waals surface area contributed by atoms with E-state index in [0.29, 0.717) is 97.9 Å². The number of rotatable bonds is 35. The van der Waals surface area contributed by atoms with Gasteiger partial charge in [-0.1, -0.05) is 107 Å². The van der Waals surface area contributed by atoms with Crippen LogP contribution in [0.25, 0.3) is 0 Å². The fourth-order valence-corrected chi connectivity index (χ4v) is 7.12. The summed E-state index contributed by atoms with van der Waals surface area (Å²) >= 11 is 0. The van der Waals surface area contributed by atoms with E-state index >= 15 is 8.78 Å². The smallest absolute Gasteiger partial charge is 0.344 e. The molecule has 13 heteroatoms. The van der Waals surface area contributed by atoms with Crippen LogP contribution in [-0.2, 0) is 11.2 Å². The van der Waals surface area contributed by atoms with Gasteiger partial charge in [-0.3, -0.25) is 0 Å². The van der Waals surface area contributed by atoms with Gasteiger partial charge in [0.05, 0.1) is 52.9 Å². The Kier molecular flexibility index (Phi) is 25.0. The predicted molar refractivity (Wildman–Crippen MR) is 259 cm³/mol. The first kappa shape index (κ1) is 54.8. The molecule has 0 N–H and O–H groups in total. The molecule has 1 heterocycles. The van der Waals surface area contributed by atoms with Gasteiger partial charge in [0.15, 0.2) is 29.2 Å². The van der Waals surface area contributed by atoms with E-state index < -0.39 is 46.9 Å². The summed E-state index contributed by atoms with van der Waals surface area (Å²) in [6, 6.07) is 7.29. The van der Waals surface area contributed by atoms with Crippen LogP contribution in [0.15, 0.2) is 24.3 Å². The fraction of sp³-hybridized carbons (Fsp3) is 0.648. The Morgan fingerprint density at radius 2 is 0.881 bits per heavy atom. The maximum absolute atomic E-state index is 17.0. The molecule has 0 unspecified atom stereocenters. The van der Waals surface area contributed by atoms with Gasteiger partial charge in [-0.2, -0.15) is 0 Å². The molecule has 0 aliphatic carbocycles. The number of ether oxygens (including phenoxy) is 10. The minimum atomic E-state index is -1.26. The summed E-state index contributed by atoms with van der Waals surface area (Å²) in [6.45, 7) is 19.0. The number of carbonyl (C=O) groups excluding carboxylic acids is 1. The highest BCUT2D eigenvalue weighted by molar-refractivity contribution is 5.92. The number of hydrogen-bond donors (Lipinski definition) is 0.